The zero-order valence-corrected chi connectivity index (χ0v) is 12.5. The van der Waals surface area contributed by atoms with Gasteiger partial charge in [0.05, 0.1) is 0 Å². The number of hydrogen-bond donors (Lipinski definition) is 1. The van der Waals surface area contributed by atoms with Gasteiger partial charge in [-0.1, -0.05) is 0 Å². The summed E-state index contributed by atoms with van der Waals surface area (Å²) in [6.07, 6.45) is 3.71. The predicted octanol–water partition coefficient (Wildman–Crippen LogP) is 1.49. The van der Waals surface area contributed by atoms with E-state index in [-0.39, 0.29) is 12.1 Å². The van der Waals surface area contributed by atoms with Crippen molar-refractivity contribution < 1.29 is 0 Å². The van der Waals surface area contributed by atoms with E-state index in [1.165, 1.54) is 5.56 Å². The van der Waals surface area contributed by atoms with Gasteiger partial charge >= 0.3 is 0 Å². The molecule has 4 atom stereocenters. The second-order valence-electron chi connectivity index (χ2n) is 5.90. The third-order valence-corrected chi connectivity index (χ3v) is 4.33. The standard InChI is InChI=1S/C15H26N4/c1-11-9-19(10-12(2)18(11)4)15(13(3)16)14-5-7-17-8-6-14/h5-8,11-13,15H,9-10,16H2,1-4H3. The molecule has 0 bridgehead atoms. The van der Waals surface area contributed by atoms with Crippen LogP contribution in [-0.4, -0.2) is 53.0 Å². The van der Waals surface area contributed by atoms with Crippen LogP contribution in [0.1, 0.15) is 32.4 Å². The van der Waals surface area contributed by atoms with Crippen molar-refractivity contribution in [3.63, 3.8) is 0 Å². The Labute approximate surface area is 116 Å². The first-order valence-corrected chi connectivity index (χ1v) is 7.12. The van der Waals surface area contributed by atoms with Gasteiger partial charge < -0.3 is 5.73 Å². The lowest BCUT2D eigenvalue weighted by molar-refractivity contribution is 0.0274. The Morgan fingerprint density at radius 1 is 1.21 bits per heavy atom. The molecule has 1 fully saturated rings. The summed E-state index contributed by atoms with van der Waals surface area (Å²) in [7, 11) is 2.21. The van der Waals surface area contributed by atoms with Crippen LogP contribution in [0.2, 0.25) is 0 Å². The Morgan fingerprint density at radius 3 is 2.21 bits per heavy atom. The van der Waals surface area contributed by atoms with Gasteiger partial charge in [-0.2, -0.15) is 0 Å². The number of rotatable bonds is 3. The minimum absolute atomic E-state index is 0.116. The van der Waals surface area contributed by atoms with E-state index in [1.807, 2.05) is 12.4 Å². The zero-order valence-electron chi connectivity index (χ0n) is 12.5. The first-order valence-electron chi connectivity index (χ1n) is 7.12. The maximum atomic E-state index is 6.25. The highest BCUT2D eigenvalue weighted by molar-refractivity contribution is 5.17. The molecule has 1 aromatic rings. The Hall–Kier alpha value is -0.970. The molecule has 4 heteroatoms. The van der Waals surface area contributed by atoms with Crippen LogP contribution < -0.4 is 5.73 Å². The summed E-state index contributed by atoms with van der Waals surface area (Å²) in [5, 5.41) is 0. The first kappa shape index (κ1) is 14.4. The van der Waals surface area contributed by atoms with Crippen LogP contribution in [-0.2, 0) is 0 Å². The molecule has 0 amide bonds. The summed E-state index contributed by atoms with van der Waals surface area (Å²) >= 11 is 0. The normalized spacial score (nSPS) is 29.1. The van der Waals surface area contributed by atoms with E-state index in [2.05, 4.69) is 54.7 Å². The number of likely N-dealkylation sites (N-methyl/N-ethyl adjacent to an activating group) is 1. The van der Waals surface area contributed by atoms with Crippen LogP contribution in [0.4, 0.5) is 0 Å². The summed E-state index contributed by atoms with van der Waals surface area (Å²) in [5.41, 5.74) is 7.52. The van der Waals surface area contributed by atoms with Gasteiger partial charge in [0, 0.05) is 49.7 Å². The number of piperazine rings is 1. The van der Waals surface area contributed by atoms with Gasteiger partial charge in [-0.3, -0.25) is 14.8 Å². The molecule has 0 saturated carbocycles. The number of hydrogen-bond acceptors (Lipinski definition) is 4. The van der Waals surface area contributed by atoms with Gasteiger partial charge in [-0.05, 0) is 45.5 Å². The van der Waals surface area contributed by atoms with E-state index in [1.54, 1.807) is 0 Å². The molecule has 1 aromatic heterocycles. The van der Waals surface area contributed by atoms with E-state index in [0.717, 1.165) is 13.1 Å². The minimum atomic E-state index is 0.116. The van der Waals surface area contributed by atoms with Crippen LogP contribution in [0, 0.1) is 0 Å². The highest BCUT2D eigenvalue weighted by atomic mass is 15.3. The summed E-state index contributed by atoms with van der Waals surface area (Å²) in [4.78, 5) is 9.08. The molecule has 106 valence electrons. The summed E-state index contributed by atoms with van der Waals surface area (Å²) in [5.74, 6) is 0. The molecule has 2 rings (SSSR count). The van der Waals surface area contributed by atoms with Crippen LogP contribution >= 0.6 is 0 Å². The lowest BCUT2D eigenvalue weighted by Gasteiger charge is -2.46. The molecule has 0 spiro atoms. The van der Waals surface area contributed by atoms with Gasteiger partial charge in [-0.15, -0.1) is 0 Å². The highest BCUT2D eigenvalue weighted by Gasteiger charge is 2.32. The smallest absolute Gasteiger partial charge is 0.0498 e. The predicted molar refractivity (Wildman–Crippen MR) is 78.9 cm³/mol. The van der Waals surface area contributed by atoms with E-state index in [4.69, 9.17) is 5.73 Å². The average molecular weight is 262 g/mol. The van der Waals surface area contributed by atoms with Crippen LogP contribution in [0.15, 0.2) is 24.5 Å². The summed E-state index contributed by atoms with van der Waals surface area (Å²) in [6.45, 7) is 8.80. The molecule has 0 aromatic carbocycles. The number of nitrogens with two attached hydrogens (primary N) is 1. The molecule has 1 aliphatic rings. The molecule has 1 saturated heterocycles. The van der Waals surface area contributed by atoms with E-state index in [9.17, 15) is 0 Å². The second kappa shape index (κ2) is 5.99. The number of nitrogens with zero attached hydrogens (tertiary/aromatic N) is 3. The van der Waals surface area contributed by atoms with E-state index < -0.39 is 0 Å². The Kier molecular flexibility index (Phi) is 4.55. The Bertz CT molecular complexity index is 380. The second-order valence-corrected chi connectivity index (χ2v) is 5.90. The van der Waals surface area contributed by atoms with Crippen molar-refractivity contribution in [1.29, 1.82) is 0 Å². The maximum Gasteiger partial charge on any atom is 0.0498 e. The maximum absolute atomic E-state index is 6.25. The summed E-state index contributed by atoms with van der Waals surface area (Å²) in [6, 6.07) is 5.69. The van der Waals surface area contributed by atoms with E-state index >= 15 is 0 Å². The van der Waals surface area contributed by atoms with Crippen molar-refractivity contribution in [1.82, 2.24) is 14.8 Å². The highest BCUT2D eigenvalue weighted by Crippen LogP contribution is 2.27. The lowest BCUT2D eigenvalue weighted by atomic mass is 9.97. The average Bonchev–Trinajstić information content (AvgIpc) is 2.37. The van der Waals surface area contributed by atoms with Gasteiger partial charge in [0.25, 0.3) is 0 Å². The molecule has 0 aliphatic carbocycles. The first-order chi connectivity index (χ1) is 9.00. The zero-order chi connectivity index (χ0) is 14.0. The monoisotopic (exact) mass is 262 g/mol. The molecule has 0 radical (unpaired) electrons. The fourth-order valence-corrected chi connectivity index (χ4v) is 3.08. The van der Waals surface area contributed by atoms with Crippen molar-refractivity contribution in [3.05, 3.63) is 30.1 Å². The van der Waals surface area contributed by atoms with Crippen molar-refractivity contribution in [2.45, 2.75) is 44.9 Å². The minimum Gasteiger partial charge on any atom is -0.326 e. The molecule has 2 heterocycles. The molecular formula is C15H26N4. The Morgan fingerprint density at radius 2 is 1.74 bits per heavy atom. The number of pyridine rings is 1. The van der Waals surface area contributed by atoms with Crippen LogP contribution in [0.5, 0.6) is 0 Å². The fourth-order valence-electron chi connectivity index (χ4n) is 3.08. The molecule has 2 N–H and O–H groups in total. The Balaban J connectivity index is 2.21. The van der Waals surface area contributed by atoms with Crippen molar-refractivity contribution in [3.8, 4) is 0 Å². The summed E-state index contributed by atoms with van der Waals surface area (Å²) < 4.78 is 0. The quantitative estimate of drug-likeness (QED) is 0.896. The molecular weight excluding hydrogens is 236 g/mol. The van der Waals surface area contributed by atoms with Gasteiger partial charge in [0.1, 0.15) is 0 Å². The molecule has 1 aliphatic heterocycles. The molecule has 19 heavy (non-hydrogen) atoms. The van der Waals surface area contributed by atoms with Crippen molar-refractivity contribution in [2.75, 3.05) is 20.1 Å². The van der Waals surface area contributed by atoms with Crippen LogP contribution in [0.25, 0.3) is 0 Å². The van der Waals surface area contributed by atoms with Crippen molar-refractivity contribution >= 4 is 0 Å². The third kappa shape index (κ3) is 3.14. The molecule has 4 unspecified atom stereocenters. The largest absolute Gasteiger partial charge is 0.326 e. The van der Waals surface area contributed by atoms with Crippen LogP contribution in [0.3, 0.4) is 0 Å². The third-order valence-electron chi connectivity index (χ3n) is 4.33. The SMILES string of the molecule is CC(N)C(c1ccncc1)N1CC(C)N(C)C(C)C1. The van der Waals surface area contributed by atoms with Gasteiger partial charge in [0.15, 0.2) is 0 Å². The topological polar surface area (TPSA) is 45.4 Å². The van der Waals surface area contributed by atoms with Gasteiger partial charge in [-0.25, -0.2) is 0 Å². The lowest BCUT2D eigenvalue weighted by Crippen LogP contribution is -2.57. The number of aromatic nitrogens is 1. The van der Waals surface area contributed by atoms with Gasteiger partial charge in [0.2, 0.25) is 0 Å². The van der Waals surface area contributed by atoms with E-state index in [0.29, 0.717) is 12.1 Å². The fraction of sp³-hybridized carbons (Fsp3) is 0.667. The van der Waals surface area contributed by atoms with Crippen molar-refractivity contribution in [2.24, 2.45) is 5.73 Å². The molecule has 4 nitrogen and oxygen atoms in total.